The molecule has 0 aliphatic carbocycles. The van der Waals surface area contributed by atoms with Crippen LogP contribution in [0.2, 0.25) is 0 Å². The molecule has 2 rings (SSSR count). The van der Waals surface area contributed by atoms with Crippen LogP contribution in [0.3, 0.4) is 0 Å². The second-order valence-corrected chi connectivity index (χ2v) is 3.78. The van der Waals surface area contributed by atoms with Gasteiger partial charge < -0.3 is 10.1 Å². The predicted octanol–water partition coefficient (Wildman–Crippen LogP) is 1.52. The lowest BCUT2D eigenvalue weighted by molar-refractivity contribution is 0.166. The van der Waals surface area contributed by atoms with E-state index >= 15 is 0 Å². The molecule has 0 spiro atoms. The Morgan fingerprint density at radius 3 is 3.14 bits per heavy atom. The Hall–Kier alpha value is -1.09. The van der Waals surface area contributed by atoms with Gasteiger partial charge in [-0.25, -0.2) is 0 Å². The van der Waals surface area contributed by atoms with E-state index in [-0.39, 0.29) is 0 Å². The van der Waals surface area contributed by atoms with Crippen molar-refractivity contribution < 1.29 is 4.74 Å². The quantitative estimate of drug-likeness (QED) is 0.771. The third-order valence-electron chi connectivity index (χ3n) is 2.40. The van der Waals surface area contributed by atoms with E-state index in [1.165, 1.54) is 6.42 Å². The fourth-order valence-electron chi connectivity index (χ4n) is 1.70. The Morgan fingerprint density at radius 1 is 1.50 bits per heavy atom. The fourth-order valence-corrected chi connectivity index (χ4v) is 1.70. The van der Waals surface area contributed by atoms with Gasteiger partial charge >= 0.3 is 0 Å². The molecule has 76 valence electrons. The minimum Gasteiger partial charge on any atom is -0.487 e. The van der Waals surface area contributed by atoms with Crippen LogP contribution in [0, 0.1) is 6.92 Å². The number of aryl methyl sites for hydroxylation is 1. The van der Waals surface area contributed by atoms with Crippen molar-refractivity contribution in [2.75, 3.05) is 13.1 Å². The zero-order valence-electron chi connectivity index (χ0n) is 8.49. The Labute approximate surface area is 84.5 Å². The molecule has 1 saturated heterocycles. The average molecular weight is 192 g/mol. The molecule has 1 fully saturated rings. The minimum absolute atomic E-state index is 0.312. The van der Waals surface area contributed by atoms with Gasteiger partial charge in [-0.1, -0.05) is 0 Å². The van der Waals surface area contributed by atoms with Gasteiger partial charge in [0.25, 0.3) is 0 Å². The summed E-state index contributed by atoms with van der Waals surface area (Å²) < 4.78 is 5.81. The summed E-state index contributed by atoms with van der Waals surface area (Å²) in [6, 6.07) is 2.03. The van der Waals surface area contributed by atoms with E-state index in [4.69, 9.17) is 4.74 Å². The van der Waals surface area contributed by atoms with Crippen molar-refractivity contribution in [2.45, 2.75) is 25.9 Å². The summed E-state index contributed by atoms with van der Waals surface area (Å²) in [7, 11) is 0. The van der Waals surface area contributed by atoms with Gasteiger partial charge in [0, 0.05) is 12.7 Å². The molecule has 1 aromatic heterocycles. The largest absolute Gasteiger partial charge is 0.487 e. The number of hydrogen-bond donors (Lipinski definition) is 1. The summed E-state index contributed by atoms with van der Waals surface area (Å²) in [6.45, 7) is 4.10. The Balaban J connectivity index is 1.95. The first-order valence-electron chi connectivity index (χ1n) is 5.13. The zero-order chi connectivity index (χ0) is 9.80. The Morgan fingerprint density at radius 2 is 2.43 bits per heavy atom. The molecular formula is C11H16N2O. The van der Waals surface area contributed by atoms with Crippen molar-refractivity contribution in [1.82, 2.24) is 10.3 Å². The maximum atomic E-state index is 5.81. The van der Waals surface area contributed by atoms with Crippen molar-refractivity contribution in [2.24, 2.45) is 0 Å². The van der Waals surface area contributed by atoms with Gasteiger partial charge in [-0.15, -0.1) is 0 Å². The van der Waals surface area contributed by atoms with Crippen LogP contribution >= 0.6 is 0 Å². The van der Waals surface area contributed by atoms with Crippen LogP contribution in [0.25, 0.3) is 0 Å². The van der Waals surface area contributed by atoms with E-state index < -0.39 is 0 Å². The van der Waals surface area contributed by atoms with Crippen LogP contribution in [-0.2, 0) is 0 Å². The SMILES string of the molecule is Cc1cncc(O[C@@H]2CCCNC2)c1. The van der Waals surface area contributed by atoms with Crippen molar-refractivity contribution in [1.29, 1.82) is 0 Å². The fraction of sp³-hybridized carbons (Fsp3) is 0.545. The monoisotopic (exact) mass is 192 g/mol. The minimum atomic E-state index is 0.312. The molecule has 14 heavy (non-hydrogen) atoms. The molecule has 0 radical (unpaired) electrons. The summed E-state index contributed by atoms with van der Waals surface area (Å²) in [5.41, 5.74) is 1.14. The number of aromatic nitrogens is 1. The molecule has 0 unspecified atom stereocenters. The van der Waals surface area contributed by atoms with E-state index in [1.807, 2.05) is 19.2 Å². The normalized spacial score (nSPS) is 21.9. The second kappa shape index (κ2) is 4.42. The van der Waals surface area contributed by atoms with E-state index in [0.717, 1.165) is 30.8 Å². The zero-order valence-corrected chi connectivity index (χ0v) is 8.49. The van der Waals surface area contributed by atoms with Gasteiger partial charge in [-0.05, 0) is 37.9 Å². The van der Waals surface area contributed by atoms with Gasteiger partial charge in [-0.2, -0.15) is 0 Å². The first kappa shape index (κ1) is 9.46. The molecular weight excluding hydrogens is 176 g/mol. The van der Waals surface area contributed by atoms with Gasteiger partial charge in [0.15, 0.2) is 0 Å². The number of pyridine rings is 1. The molecule has 1 aliphatic rings. The number of hydrogen-bond acceptors (Lipinski definition) is 3. The van der Waals surface area contributed by atoms with Gasteiger partial charge in [0.1, 0.15) is 11.9 Å². The number of nitrogens with one attached hydrogen (secondary N) is 1. The lowest BCUT2D eigenvalue weighted by atomic mass is 10.1. The number of piperidine rings is 1. The molecule has 3 nitrogen and oxygen atoms in total. The highest BCUT2D eigenvalue weighted by atomic mass is 16.5. The highest BCUT2D eigenvalue weighted by molar-refractivity contribution is 5.22. The number of nitrogens with zero attached hydrogens (tertiary/aromatic N) is 1. The van der Waals surface area contributed by atoms with Crippen LogP contribution in [0.15, 0.2) is 18.5 Å². The summed E-state index contributed by atoms with van der Waals surface area (Å²) in [5.74, 6) is 0.888. The van der Waals surface area contributed by atoms with Crippen molar-refractivity contribution in [3.8, 4) is 5.75 Å². The summed E-state index contributed by atoms with van der Waals surface area (Å²) >= 11 is 0. The molecule has 0 saturated carbocycles. The lowest BCUT2D eigenvalue weighted by Crippen LogP contribution is -2.37. The molecule has 3 heteroatoms. The summed E-state index contributed by atoms with van der Waals surface area (Å²) in [5, 5.41) is 3.32. The third kappa shape index (κ3) is 2.45. The molecule has 2 heterocycles. The molecule has 1 aromatic rings. The van der Waals surface area contributed by atoms with Gasteiger partial charge in [0.2, 0.25) is 0 Å². The highest BCUT2D eigenvalue weighted by Crippen LogP contribution is 2.15. The summed E-state index contributed by atoms with van der Waals surface area (Å²) in [4.78, 5) is 4.10. The van der Waals surface area contributed by atoms with Crippen LogP contribution in [0.1, 0.15) is 18.4 Å². The van der Waals surface area contributed by atoms with Crippen LogP contribution in [0.4, 0.5) is 0 Å². The van der Waals surface area contributed by atoms with Gasteiger partial charge in [-0.3, -0.25) is 4.98 Å². The second-order valence-electron chi connectivity index (χ2n) is 3.78. The van der Waals surface area contributed by atoms with E-state index in [0.29, 0.717) is 6.10 Å². The molecule has 0 aromatic carbocycles. The van der Waals surface area contributed by atoms with Crippen molar-refractivity contribution in [3.05, 3.63) is 24.0 Å². The highest BCUT2D eigenvalue weighted by Gasteiger charge is 2.14. The van der Waals surface area contributed by atoms with Crippen molar-refractivity contribution in [3.63, 3.8) is 0 Å². The van der Waals surface area contributed by atoms with E-state index in [1.54, 1.807) is 6.20 Å². The summed E-state index contributed by atoms with van der Waals surface area (Å²) in [6.07, 6.45) is 6.27. The van der Waals surface area contributed by atoms with Crippen LogP contribution < -0.4 is 10.1 Å². The first-order valence-corrected chi connectivity index (χ1v) is 5.13. The topological polar surface area (TPSA) is 34.1 Å². The maximum absolute atomic E-state index is 5.81. The maximum Gasteiger partial charge on any atom is 0.138 e. The van der Waals surface area contributed by atoms with Crippen molar-refractivity contribution >= 4 is 0 Å². The standard InChI is InChI=1S/C11H16N2O/c1-9-5-11(8-13-6-9)14-10-3-2-4-12-7-10/h5-6,8,10,12H,2-4,7H2,1H3/t10-/m1/s1. The van der Waals surface area contributed by atoms with Crippen LogP contribution in [0.5, 0.6) is 5.75 Å². The van der Waals surface area contributed by atoms with E-state index in [2.05, 4.69) is 10.3 Å². The molecule has 0 amide bonds. The Bertz CT molecular complexity index is 295. The number of ether oxygens (including phenoxy) is 1. The molecule has 0 bridgehead atoms. The third-order valence-corrected chi connectivity index (χ3v) is 2.40. The average Bonchev–Trinajstić information content (AvgIpc) is 2.19. The van der Waals surface area contributed by atoms with Gasteiger partial charge in [0.05, 0.1) is 6.20 Å². The molecule has 1 aliphatic heterocycles. The smallest absolute Gasteiger partial charge is 0.138 e. The molecule has 1 N–H and O–H groups in total. The number of rotatable bonds is 2. The molecule has 1 atom stereocenters. The predicted molar refractivity (Wildman–Crippen MR) is 55.5 cm³/mol. The first-order chi connectivity index (χ1) is 6.84. The van der Waals surface area contributed by atoms with E-state index in [9.17, 15) is 0 Å². The van der Waals surface area contributed by atoms with Crippen LogP contribution in [-0.4, -0.2) is 24.2 Å². The Kier molecular flexibility index (Phi) is 2.99. The lowest BCUT2D eigenvalue weighted by Gasteiger charge is -2.23.